The average molecular weight is 271 g/mol. The molecule has 1 rings (SSSR count). The lowest BCUT2D eigenvalue weighted by molar-refractivity contribution is -0.0304. The van der Waals surface area contributed by atoms with Crippen molar-refractivity contribution < 1.29 is 9.47 Å². The van der Waals surface area contributed by atoms with Crippen LogP contribution in [-0.2, 0) is 9.47 Å². The van der Waals surface area contributed by atoms with E-state index in [4.69, 9.17) is 9.47 Å². The predicted molar refractivity (Wildman–Crippen MR) is 80.5 cm³/mol. The van der Waals surface area contributed by atoms with Crippen LogP contribution in [0.5, 0.6) is 0 Å². The van der Waals surface area contributed by atoms with Gasteiger partial charge in [-0.2, -0.15) is 0 Å². The second-order valence-corrected chi connectivity index (χ2v) is 5.89. The Morgan fingerprint density at radius 2 is 1.89 bits per heavy atom. The number of methoxy groups -OCH3 is 1. The fourth-order valence-electron chi connectivity index (χ4n) is 3.44. The first-order chi connectivity index (χ1) is 9.24. The van der Waals surface area contributed by atoms with Crippen LogP contribution in [0.3, 0.4) is 0 Å². The zero-order valence-electron chi connectivity index (χ0n) is 13.3. The maximum absolute atomic E-state index is 6.13. The van der Waals surface area contributed by atoms with E-state index in [0.717, 1.165) is 25.6 Å². The minimum atomic E-state index is 0.363. The van der Waals surface area contributed by atoms with Gasteiger partial charge >= 0.3 is 0 Å². The molecule has 3 atom stereocenters. The molecule has 0 heterocycles. The Morgan fingerprint density at radius 3 is 2.42 bits per heavy atom. The van der Waals surface area contributed by atoms with E-state index < -0.39 is 0 Å². The summed E-state index contributed by atoms with van der Waals surface area (Å²) in [5, 5.41) is 3.51. The molecule has 1 saturated carbocycles. The first kappa shape index (κ1) is 16.9. The highest BCUT2D eigenvalue weighted by atomic mass is 16.5. The van der Waals surface area contributed by atoms with Gasteiger partial charge < -0.3 is 14.8 Å². The monoisotopic (exact) mass is 271 g/mol. The smallest absolute Gasteiger partial charge is 0.0758 e. The van der Waals surface area contributed by atoms with E-state index in [1.807, 2.05) is 0 Å². The Bertz CT molecular complexity index is 217. The van der Waals surface area contributed by atoms with Crippen LogP contribution in [0.25, 0.3) is 0 Å². The number of likely N-dealkylation sites (N-methyl/N-ethyl adjacent to an activating group) is 1. The molecule has 1 N–H and O–H groups in total. The number of rotatable bonds is 9. The maximum Gasteiger partial charge on any atom is 0.0758 e. The molecule has 0 aromatic heterocycles. The van der Waals surface area contributed by atoms with Gasteiger partial charge in [-0.25, -0.2) is 0 Å². The zero-order valence-corrected chi connectivity index (χ0v) is 13.3. The van der Waals surface area contributed by atoms with E-state index in [9.17, 15) is 0 Å². The van der Waals surface area contributed by atoms with Crippen molar-refractivity contribution >= 4 is 0 Å². The lowest BCUT2D eigenvalue weighted by Crippen LogP contribution is -2.48. The Morgan fingerprint density at radius 1 is 1.21 bits per heavy atom. The lowest BCUT2D eigenvalue weighted by atomic mass is 9.79. The van der Waals surface area contributed by atoms with Crippen LogP contribution in [0.2, 0.25) is 0 Å². The summed E-state index contributed by atoms with van der Waals surface area (Å²) in [6.45, 7) is 6.08. The van der Waals surface area contributed by atoms with Gasteiger partial charge in [0.2, 0.25) is 0 Å². The van der Waals surface area contributed by atoms with Gasteiger partial charge in [-0.1, -0.05) is 26.2 Å². The van der Waals surface area contributed by atoms with Crippen molar-refractivity contribution in [3.63, 3.8) is 0 Å². The molecule has 3 heteroatoms. The Labute approximate surface area is 119 Å². The normalized spacial score (nSPS) is 22.1. The first-order valence-corrected chi connectivity index (χ1v) is 8.02. The summed E-state index contributed by atoms with van der Waals surface area (Å²) >= 11 is 0. The molecule has 1 fully saturated rings. The fraction of sp³-hybridized carbons (Fsp3) is 1.00. The van der Waals surface area contributed by atoms with Crippen LogP contribution in [-0.4, -0.2) is 39.5 Å². The summed E-state index contributed by atoms with van der Waals surface area (Å²) < 4.78 is 11.4. The van der Waals surface area contributed by atoms with Crippen molar-refractivity contribution in [3.8, 4) is 0 Å². The molecule has 0 aromatic carbocycles. The van der Waals surface area contributed by atoms with E-state index in [1.54, 1.807) is 7.11 Å². The van der Waals surface area contributed by atoms with Crippen molar-refractivity contribution in [1.82, 2.24) is 5.32 Å². The van der Waals surface area contributed by atoms with Gasteiger partial charge in [-0.05, 0) is 45.1 Å². The minimum absolute atomic E-state index is 0.363. The van der Waals surface area contributed by atoms with Crippen LogP contribution in [0.4, 0.5) is 0 Å². The Balaban J connectivity index is 2.63. The molecule has 0 aliphatic heterocycles. The van der Waals surface area contributed by atoms with Gasteiger partial charge in [-0.15, -0.1) is 0 Å². The van der Waals surface area contributed by atoms with E-state index in [-0.39, 0.29) is 0 Å². The topological polar surface area (TPSA) is 30.5 Å². The molecule has 0 bridgehead atoms. The number of ether oxygens (including phenoxy) is 2. The van der Waals surface area contributed by atoms with Gasteiger partial charge in [0, 0.05) is 26.4 Å². The molecule has 3 unspecified atom stereocenters. The van der Waals surface area contributed by atoms with E-state index in [0.29, 0.717) is 18.1 Å². The summed E-state index contributed by atoms with van der Waals surface area (Å²) in [4.78, 5) is 0. The second-order valence-electron chi connectivity index (χ2n) is 5.89. The van der Waals surface area contributed by atoms with Crippen molar-refractivity contribution in [2.75, 3.05) is 27.4 Å². The van der Waals surface area contributed by atoms with Gasteiger partial charge in [0.05, 0.1) is 6.10 Å². The summed E-state index contributed by atoms with van der Waals surface area (Å²) in [6.07, 6.45) is 8.27. The fourth-order valence-corrected chi connectivity index (χ4v) is 3.44. The number of hydrogen-bond acceptors (Lipinski definition) is 3. The van der Waals surface area contributed by atoms with Crippen LogP contribution in [0.1, 0.15) is 52.4 Å². The first-order valence-electron chi connectivity index (χ1n) is 8.02. The lowest BCUT2D eigenvalue weighted by Gasteiger charge is -2.38. The van der Waals surface area contributed by atoms with Crippen LogP contribution in [0.15, 0.2) is 0 Å². The molecule has 0 aromatic rings. The van der Waals surface area contributed by atoms with Crippen molar-refractivity contribution in [3.05, 3.63) is 0 Å². The van der Waals surface area contributed by atoms with Gasteiger partial charge in [0.15, 0.2) is 0 Å². The van der Waals surface area contributed by atoms with E-state index in [1.165, 1.54) is 32.1 Å². The highest BCUT2D eigenvalue weighted by Crippen LogP contribution is 2.31. The number of hydrogen-bond donors (Lipinski definition) is 1. The number of nitrogens with one attached hydrogen (secondary N) is 1. The molecular formula is C16H33NO2. The Hall–Kier alpha value is -0.120. The standard InChI is InChI=1S/C16H33NO2/c1-5-19-16(14-9-7-6-8-10-14)15(17-3)13(2)11-12-18-4/h13-17H,5-12H2,1-4H3. The SMILES string of the molecule is CCOC(C1CCCCC1)C(NC)C(C)CCOC. The summed E-state index contributed by atoms with van der Waals surface area (Å²) in [5.74, 6) is 1.32. The van der Waals surface area contributed by atoms with Gasteiger partial charge in [-0.3, -0.25) is 0 Å². The predicted octanol–water partition coefficient (Wildman–Crippen LogP) is 3.23. The van der Waals surface area contributed by atoms with Crippen molar-refractivity contribution in [1.29, 1.82) is 0 Å². The van der Waals surface area contributed by atoms with E-state index >= 15 is 0 Å². The van der Waals surface area contributed by atoms with Crippen molar-refractivity contribution in [2.45, 2.75) is 64.5 Å². The molecule has 114 valence electrons. The molecule has 19 heavy (non-hydrogen) atoms. The highest BCUT2D eigenvalue weighted by Gasteiger charge is 2.33. The largest absolute Gasteiger partial charge is 0.385 e. The maximum atomic E-state index is 6.13. The average Bonchev–Trinajstić information content (AvgIpc) is 2.46. The summed E-state index contributed by atoms with van der Waals surface area (Å²) in [7, 11) is 3.85. The van der Waals surface area contributed by atoms with Gasteiger partial charge in [0.25, 0.3) is 0 Å². The molecule has 0 spiro atoms. The van der Waals surface area contributed by atoms with Gasteiger partial charge in [0.1, 0.15) is 0 Å². The highest BCUT2D eigenvalue weighted by molar-refractivity contribution is 4.87. The minimum Gasteiger partial charge on any atom is -0.385 e. The molecule has 1 aliphatic carbocycles. The van der Waals surface area contributed by atoms with Crippen molar-refractivity contribution in [2.24, 2.45) is 11.8 Å². The summed E-state index contributed by atoms with van der Waals surface area (Å²) in [5.41, 5.74) is 0. The third-order valence-electron chi connectivity index (χ3n) is 4.55. The molecule has 1 aliphatic rings. The third kappa shape index (κ3) is 5.41. The third-order valence-corrected chi connectivity index (χ3v) is 4.55. The van der Waals surface area contributed by atoms with E-state index in [2.05, 4.69) is 26.2 Å². The molecule has 0 amide bonds. The Kier molecular flexibility index (Phi) is 8.67. The second kappa shape index (κ2) is 9.73. The van der Waals surface area contributed by atoms with Crippen LogP contribution < -0.4 is 5.32 Å². The van der Waals surface area contributed by atoms with Crippen LogP contribution in [0, 0.1) is 11.8 Å². The molecule has 0 saturated heterocycles. The zero-order chi connectivity index (χ0) is 14.1. The summed E-state index contributed by atoms with van der Waals surface area (Å²) in [6, 6.07) is 0.443. The van der Waals surface area contributed by atoms with Crippen LogP contribution >= 0.6 is 0 Å². The molecule has 0 radical (unpaired) electrons. The molecule has 3 nitrogen and oxygen atoms in total. The molecular weight excluding hydrogens is 238 g/mol. The quantitative estimate of drug-likeness (QED) is 0.698.